The SMILES string of the molecule is CCN(CC)C(=O)c1ccc(Nc2ncc(F)c(-c3cnc(C4CCOC(C)C4)[nH]3)n2)cc1. The van der Waals surface area contributed by atoms with E-state index in [-0.39, 0.29) is 29.6 Å². The number of hydrogen-bond acceptors (Lipinski definition) is 6. The number of amides is 1. The second kappa shape index (κ2) is 10.1. The number of benzene rings is 1. The van der Waals surface area contributed by atoms with Gasteiger partial charge in [-0.3, -0.25) is 4.79 Å². The summed E-state index contributed by atoms with van der Waals surface area (Å²) in [6.07, 6.45) is 4.68. The fourth-order valence-electron chi connectivity index (χ4n) is 4.05. The smallest absolute Gasteiger partial charge is 0.253 e. The molecule has 1 saturated heterocycles. The van der Waals surface area contributed by atoms with Gasteiger partial charge in [-0.2, -0.15) is 0 Å². The third kappa shape index (κ3) is 5.19. The standard InChI is InChI=1S/C24H29FN6O2/c1-4-31(5-2)23(32)16-6-8-18(9-7-16)28-24-27-13-19(25)21(30-24)20-14-26-22(29-20)17-10-11-33-15(3)12-17/h6-9,13-15,17H,4-5,10-12H2,1-3H3,(H,26,29)(H,27,28,30). The topological polar surface area (TPSA) is 96.0 Å². The van der Waals surface area contributed by atoms with Crippen molar-refractivity contribution in [2.75, 3.05) is 25.0 Å². The molecule has 0 bridgehead atoms. The molecule has 0 aliphatic carbocycles. The number of ether oxygens (including phenoxy) is 1. The van der Waals surface area contributed by atoms with Gasteiger partial charge in [-0.05, 0) is 57.9 Å². The van der Waals surface area contributed by atoms with E-state index in [9.17, 15) is 9.18 Å². The summed E-state index contributed by atoms with van der Waals surface area (Å²) in [6.45, 7) is 7.96. The van der Waals surface area contributed by atoms with Gasteiger partial charge in [0.05, 0.1) is 24.2 Å². The number of aromatic nitrogens is 4. The summed E-state index contributed by atoms with van der Waals surface area (Å²) >= 11 is 0. The Morgan fingerprint density at radius 2 is 1.97 bits per heavy atom. The molecule has 2 aromatic heterocycles. The highest BCUT2D eigenvalue weighted by atomic mass is 19.1. The van der Waals surface area contributed by atoms with Crippen LogP contribution in [0.3, 0.4) is 0 Å². The fourth-order valence-corrected chi connectivity index (χ4v) is 4.05. The molecule has 2 atom stereocenters. The first-order chi connectivity index (χ1) is 16.0. The molecule has 8 nitrogen and oxygen atoms in total. The Hall–Kier alpha value is -3.33. The molecule has 1 aliphatic rings. The number of nitrogens with one attached hydrogen (secondary N) is 2. The van der Waals surface area contributed by atoms with E-state index >= 15 is 0 Å². The average molecular weight is 453 g/mol. The minimum Gasteiger partial charge on any atom is -0.378 e. The van der Waals surface area contributed by atoms with Crippen LogP contribution in [0.1, 0.15) is 55.7 Å². The van der Waals surface area contributed by atoms with Gasteiger partial charge in [0.15, 0.2) is 5.82 Å². The van der Waals surface area contributed by atoms with Crippen molar-refractivity contribution in [2.24, 2.45) is 0 Å². The van der Waals surface area contributed by atoms with Crippen LogP contribution in [0.15, 0.2) is 36.7 Å². The lowest BCUT2D eigenvalue weighted by Gasteiger charge is -2.25. The summed E-state index contributed by atoms with van der Waals surface area (Å²) in [6, 6.07) is 7.07. The molecule has 1 aliphatic heterocycles. The molecular formula is C24H29FN6O2. The number of aromatic amines is 1. The Kier molecular flexibility index (Phi) is 6.98. The molecule has 1 fully saturated rings. The summed E-state index contributed by atoms with van der Waals surface area (Å²) in [5.74, 6) is 0.783. The number of hydrogen-bond donors (Lipinski definition) is 2. The number of rotatable bonds is 7. The number of halogens is 1. The molecule has 4 rings (SSSR count). The van der Waals surface area contributed by atoms with E-state index in [0.717, 1.165) is 24.9 Å². The molecule has 1 amide bonds. The maximum absolute atomic E-state index is 14.5. The van der Waals surface area contributed by atoms with Crippen LogP contribution in [0.5, 0.6) is 0 Å². The Morgan fingerprint density at radius 1 is 1.21 bits per heavy atom. The molecule has 3 heterocycles. The Balaban J connectivity index is 1.49. The molecule has 0 spiro atoms. The summed E-state index contributed by atoms with van der Waals surface area (Å²) in [5, 5.41) is 3.08. The van der Waals surface area contributed by atoms with Gasteiger partial charge >= 0.3 is 0 Å². The molecule has 0 saturated carbocycles. The highest BCUT2D eigenvalue weighted by Crippen LogP contribution is 2.30. The van der Waals surface area contributed by atoms with Crippen LogP contribution >= 0.6 is 0 Å². The summed E-state index contributed by atoms with van der Waals surface area (Å²) < 4.78 is 20.1. The average Bonchev–Trinajstić information content (AvgIpc) is 3.32. The van der Waals surface area contributed by atoms with E-state index < -0.39 is 5.82 Å². The van der Waals surface area contributed by atoms with Crippen molar-refractivity contribution in [3.8, 4) is 11.4 Å². The second-order valence-electron chi connectivity index (χ2n) is 8.15. The highest BCUT2D eigenvalue weighted by Gasteiger charge is 2.24. The van der Waals surface area contributed by atoms with Gasteiger partial charge in [-0.15, -0.1) is 0 Å². The van der Waals surface area contributed by atoms with Gasteiger partial charge in [0.1, 0.15) is 11.5 Å². The molecule has 33 heavy (non-hydrogen) atoms. The van der Waals surface area contributed by atoms with E-state index in [2.05, 4.69) is 25.3 Å². The van der Waals surface area contributed by atoms with Crippen LogP contribution in [0.25, 0.3) is 11.4 Å². The van der Waals surface area contributed by atoms with E-state index in [0.29, 0.717) is 36.6 Å². The summed E-state index contributed by atoms with van der Waals surface area (Å²) in [5.41, 5.74) is 1.97. The molecule has 1 aromatic carbocycles. The highest BCUT2D eigenvalue weighted by molar-refractivity contribution is 5.94. The van der Waals surface area contributed by atoms with Crippen molar-refractivity contribution >= 4 is 17.5 Å². The van der Waals surface area contributed by atoms with Crippen LogP contribution in [0.4, 0.5) is 16.0 Å². The van der Waals surface area contributed by atoms with E-state index in [1.54, 1.807) is 35.4 Å². The van der Waals surface area contributed by atoms with Crippen molar-refractivity contribution in [2.45, 2.75) is 45.6 Å². The van der Waals surface area contributed by atoms with Gasteiger partial charge in [0, 0.05) is 36.9 Å². The van der Waals surface area contributed by atoms with Crippen LogP contribution in [-0.2, 0) is 4.74 Å². The van der Waals surface area contributed by atoms with Crippen LogP contribution in [0.2, 0.25) is 0 Å². The Bertz CT molecular complexity index is 1100. The largest absolute Gasteiger partial charge is 0.378 e. The van der Waals surface area contributed by atoms with Gasteiger partial charge in [0.2, 0.25) is 5.95 Å². The maximum Gasteiger partial charge on any atom is 0.253 e. The van der Waals surface area contributed by atoms with Crippen LogP contribution in [0, 0.1) is 5.82 Å². The Labute approximate surface area is 192 Å². The predicted octanol–water partition coefficient (Wildman–Crippen LogP) is 4.51. The monoisotopic (exact) mass is 452 g/mol. The van der Waals surface area contributed by atoms with Crippen molar-refractivity contribution < 1.29 is 13.9 Å². The minimum absolute atomic E-state index is 0.0131. The quantitative estimate of drug-likeness (QED) is 0.547. The zero-order valence-electron chi connectivity index (χ0n) is 19.1. The number of nitrogens with zero attached hydrogens (tertiary/aromatic N) is 4. The van der Waals surface area contributed by atoms with E-state index in [4.69, 9.17) is 4.74 Å². The van der Waals surface area contributed by atoms with Gasteiger partial charge in [-0.25, -0.2) is 19.3 Å². The lowest BCUT2D eigenvalue weighted by molar-refractivity contribution is 0.0174. The number of anilines is 2. The zero-order chi connectivity index (χ0) is 23.4. The lowest BCUT2D eigenvalue weighted by Crippen LogP contribution is -2.30. The van der Waals surface area contributed by atoms with Crippen molar-refractivity contribution in [1.82, 2.24) is 24.8 Å². The summed E-state index contributed by atoms with van der Waals surface area (Å²) in [7, 11) is 0. The third-order valence-electron chi connectivity index (χ3n) is 5.91. The number of carbonyl (C=O) groups is 1. The molecular weight excluding hydrogens is 423 g/mol. The van der Waals surface area contributed by atoms with Gasteiger partial charge in [-0.1, -0.05) is 0 Å². The van der Waals surface area contributed by atoms with Crippen LogP contribution in [-0.4, -0.2) is 56.5 Å². The van der Waals surface area contributed by atoms with Crippen molar-refractivity contribution in [3.05, 3.63) is 53.9 Å². The maximum atomic E-state index is 14.5. The molecule has 3 aromatic rings. The zero-order valence-corrected chi connectivity index (χ0v) is 19.1. The second-order valence-corrected chi connectivity index (χ2v) is 8.15. The fraction of sp³-hybridized carbons (Fsp3) is 0.417. The lowest BCUT2D eigenvalue weighted by atomic mass is 9.96. The Morgan fingerprint density at radius 3 is 2.67 bits per heavy atom. The first-order valence-electron chi connectivity index (χ1n) is 11.3. The number of H-pyrrole nitrogens is 1. The number of carbonyl (C=O) groups excluding carboxylic acids is 1. The predicted molar refractivity (Wildman–Crippen MR) is 124 cm³/mol. The number of imidazole rings is 1. The first-order valence-corrected chi connectivity index (χ1v) is 11.3. The van der Waals surface area contributed by atoms with Crippen molar-refractivity contribution in [3.63, 3.8) is 0 Å². The van der Waals surface area contributed by atoms with Gasteiger partial charge in [0.25, 0.3) is 5.91 Å². The van der Waals surface area contributed by atoms with Crippen molar-refractivity contribution in [1.29, 1.82) is 0 Å². The minimum atomic E-state index is -0.531. The van der Waals surface area contributed by atoms with E-state index in [1.165, 1.54) is 0 Å². The molecule has 2 N–H and O–H groups in total. The molecule has 174 valence electrons. The van der Waals surface area contributed by atoms with Gasteiger partial charge < -0.3 is 19.9 Å². The first kappa shape index (κ1) is 22.8. The van der Waals surface area contributed by atoms with E-state index in [1.807, 2.05) is 20.8 Å². The summed E-state index contributed by atoms with van der Waals surface area (Å²) in [4.78, 5) is 30.3. The van der Waals surface area contributed by atoms with Crippen LogP contribution < -0.4 is 5.32 Å². The molecule has 2 unspecified atom stereocenters. The molecule has 9 heteroatoms. The third-order valence-corrected chi connectivity index (χ3v) is 5.91. The normalized spacial score (nSPS) is 18.2. The molecule has 0 radical (unpaired) electrons.